The fraction of sp³-hybridized carbons (Fsp3) is 0.700. The van der Waals surface area contributed by atoms with E-state index in [2.05, 4.69) is 50.4 Å². The predicted octanol–water partition coefficient (Wildman–Crippen LogP) is 5.30. The first-order chi connectivity index (χ1) is 10.2. The van der Waals surface area contributed by atoms with Gasteiger partial charge in [0.1, 0.15) is 0 Å². The summed E-state index contributed by atoms with van der Waals surface area (Å²) in [5.74, 6) is 1.60. The van der Waals surface area contributed by atoms with E-state index in [1.807, 2.05) is 0 Å². The highest BCUT2D eigenvalue weighted by Crippen LogP contribution is 2.35. The molecule has 0 heterocycles. The summed E-state index contributed by atoms with van der Waals surface area (Å²) in [7, 11) is 0. The quantitative estimate of drug-likeness (QED) is 0.684. The topological polar surface area (TPSA) is 12.0 Å². The van der Waals surface area contributed by atoms with Crippen molar-refractivity contribution in [3.05, 3.63) is 35.4 Å². The van der Waals surface area contributed by atoms with Crippen LogP contribution in [-0.4, -0.2) is 12.6 Å². The average molecular weight is 287 g/mol. The lowest BCUT2D eigenvalue weighted by atomic mass is 9.78. The van der Waals surface area contributed by atoms with E-state index < -0.39 is 0 Å². The molecule has 0 fully saturated rings. The smallest absolute Gasteiger partial charge is 0.00754 e. The molecule has 1 N–H and O–H groups in total. The van der Waals surface area contributed by atoms with Crippen LogP contribution in [0.2, 0.25) is 0 Å². The lowest BCUT2D eigenvalue weighted by Gasteiger charge is -2.30. The first-order valence-electron chi connectivity index (χ1n) is 9.05. The second-order valence-corrected chi connectivity index (χ2v) is 6.92. The van der Waals surface area contributed by atoms with Gasteiger partial charge in [0.05, 0.1) is 0 Å². The maximum absolute atomic E-state index is 3.81. The lowest BCUT2D eigenvalue weighted by Crippen LogP contribution is -2.33. The Hall–Kier alpha value is -0.820. The highest BCUT2D eigenvalue weighted by atomic mass is 14.9. The van der Waals surface area contributed by atoms with Gasteiger partial charge in [-0.15, -0.1) is 0 Å². The minimum atomic E-state index is 0.691. The standard InChI is InChI=1S/C20H33N/c1-4-13-21-19(14-16(3)5-2)15-18-11-8-10-17-9-6-7-12-20(17)18/h6-7,9,12,16,18-19,21H,4-5,8,10-11,13-15H2,1-3H3. The summed E-state index contributed by atoms with van der Waals surface area (Å²) >= 11 is 0. The first-order valence-corrected chi connectivity index (χ1v) is 9.05. The molecule has 0 aromatic heterocycles. The number of fused-ring (bicyclic) bond motifs is 1. The third-order valence-electron chi connectivity index (χ3n) is 5.13. The third-order valence-corrected chi connectivity index (χ3v) is 5.13. The fourth-order valence-corrected chi connectivity index (χ4v) is 3.71. The van der Waals surface area contributed by atoms with Gasteiger partial charge < -0.3 is 5.32 Å². The van der Waals surface area contributed by atoms with Crippen LogP contribution in [0.4, 0.5) is 0 Å². The van der Waals surface area contributed by atoms with Crippen molar-refractivity contribution >= 4 is 0 Å². The third kappa shape index (κ3) is 4.85. The molecule has 1 aliphatic carbocycles. The zero-order chi connectivity index (χ0) is 15.1. The molecule has 1 aromatic carbocycles. The maximum Gasteiger partial charge on any atom is 0.00754 e. The van der Waals surface area contributed by atoms with Gasteiger partial charge in [-0.2, -0.15) is 0 Å². The Morgan fingerprint density at radius 1 is 1.24 bits per heavy atom. The largest absolute Gasteiger partial charge is 0.314 e. The van der Waals surface area contributed by atoms with Gasteiger partial charge in [0.25, 0.3) is 0 Å². The molecular formula is C20H33N. The summed E-state index contributed by atoms with van der Waals surface area (Å²) in [5, 5.41) is 3.81. The Kier molecular flexibility index (Phi) is 6.76. The number of nitrogens with one attached hydrogen (secondary N) is 1. The van der Waals surface area contributed by atoms with E-state index in [1.54, 1.807) is 11.1 Å². The van der Waals surface area contributed by atoms with Gasteiger partial charge in [-0.1, -0.05) is 51.5 Å². The molecule has 1 nitrogen and oxygen atoms in total. The van der Waals surface area contributed by atoms with E-state index in [-0.39, 0.29) is 0 Å². The van der Waals surface area contributed by atoms with Gasteiger partial charge in [0.2, 0.25) is 0 Å². The maximum atomic E-state index is 3.81. The Morgan fingerprint density at radius 3 is 2.81 bits per heavy atom. The van der Waals surface area contributed by atoms with Gasteiger partial charge in [-0.05, 0) is 68.0 Å². The normalized spacial score (nSPS) is 20.8. The van der Waals surface area contributed by atoms with E-state index in [1.165, 1.54) is 44.9 Å². The van der Waals surface area contributed by atoms with Crippen LogP contribution in [0.5, 0.6) is 0 Å². The van der Waals surface area contributed by atoms with Crippen LogP contribution in [0.25, 0.3) is 0 Å². The fourth-order valence-electron chi connectivity index (χ4n) is 3.71. The van der Waals surface area contributed by atoms with E-state index >= 15 is 0 Å². The molecule has 0 aliphatic heterocycles. The highest BCUT2D eigenvalue weighted by molar-refractivity contribution is 5.32. The molecule has 2 rings (SSSR count). The minimum Gasteiger partial charge on any atom is -0.314 e. The first kappa shape index (κ1) is 16.5. The van der Waals surface area contributed by atoms with Crippen molar-refractivity contribution in [2.24, 2.45) is 5.92 Å². The van der Waals surface area contributed by atoms with Gasteiger partial charge in [-0.3, -0.25) is 0 Å². The van der Waals surface area contributed by atoms with Crippen LogP contribution >= 0.6 is 0 Å². The molecule has 0 saturated heterocycles. The van der Waals surface area contributed by atoms with Crippen LogP contribution in [0.1, 0.15) is 76.3 Å². The molecule has 0 saturated carbocycles. The molecular weight excluding hydrogens is 254 g/mol. The van der Waals surface area contributed by atoms with Crippen molar-refractivity contribution in [1.29, 1.82) is 0 Å². The van der Waals surface area contributed by atoms with Crippen LogP contribution in [-0.2, 0) is 6.42 Å². The summed E-state index contributed by atoms with van der Waals surface area (Å²) < 4.78 is 0. The summed E-state index contributed by atoms with van der Waals surface area (Å²) in [4.78, 5) is 0. The van der Waals surface area contributed by atoms with E-state index in [0.717, 1.165) is 18.4 Å². The predicted molar refractivity (Wildman–Crippen MR) is 92.9 cm³/mol. The summed E-state index contributed by atoms with van der Waals surface area (Å²) in [5.41, 5.74) is 3.24. The van der Waals surface area contributed by atoms with Crippen molar-refractivity contribution < 1.29 is 0 Å². The van der Waals surface area contributed by atoms with Crippen molar-refractivity contribution in [3.8, 4) is 0 Å². The van der Waals surface area contributed by atoms with Gasteiger partial charge in [-0.25, -0.2) is 0 Å². The molecule has 0 radical (unpaired) electrons. The Morgan fingerprint density at radius 2 is 2.05 bits per heavy atom. The van der Waals surface area contributed by atoms with Crippen LogP contribution < -0.4 is 5.32 Å². The molecule has 3 atom stereocenters. The zero-order valence-electron chi connectivity index (χ0n) is 14.2. The van der Waals surface area contributed by atoms with Gasteiger partial charge >= 0.3 is 0 Å². The molecule has 21 heavy (non-hydrogen) atoms. The number of aryl methyl sites for hydroxylation is 1. The molecule has 1 aliphatic rings. The molecule has 1 heteroatoms. The highest BCUT2D eigenvalue weighted by Gasteiger charge is 2.23. The molecule has 1 aromatic rings. The van der Waals surface area contributed by atoms with Gasteiger partial charge in [0, 0.05) is 6.04 Å². The van der Waals surface area contributed by atoms with Crippen molar-refractivity contribution in [2.45, 2.75) is 77.7 Å². The molecule has 0 spiro atoms. The van der Waals surface area contributed by atoms with E-state index in [9.17, 15) is 0 Å². The SMILES string of the molecule is CCCNC(CC(C)CC)CC1CCCc2ccccc21. The molecule has 118 valence electrons. The molecule has 0 bridgehead atoms. The average Bonchev–Trinajstić information content (AvgIpc) is 2.52. The second-order valence-electron chi connectivity index (χ2n) is 6.92. The van der Waals surface area contributed by atoms with Crippen molar-refractivity contribution in [2.75, 3.05) is 6.54 Å². The van der Waals surface area contributed by atoms with Crippen LogP contribution in [0.15, 0.2) is 24.3 Å². The summed E-state index contributed by atoms with van der Waals surface area (Å²) in [6.45, 7) is 8.14. The lowest BCUT2D eigenvalue weighted by molar-refractivity contribution is 0.344. The number of benzene rings is 1. The van der Waals surface area contributed by atoms with Crippen LogP contribution in [0.3, 0.4) is 0 Å². The zero-order valence-corrected chi connectivity index (χ0v) is 14.2. The van der Waals surface area contributed by atoms with Crippen molar-refractivity contribution in [3.63, 3.8) is 0 Å². The Bertz CT molecular complexity index is 412. The Balaban J connectivity index is 2.02. The van der Waals surface area contributed by atoms with Gasteiger partial charge in [0.15, 0.2) is 0 Å². The summed E-state index contributed by atoms with van der Waals surface area (Å²) in [6, 6.07) is 9.83. The number of hydrogen-bond donors (Lipinski definition) is 1. The monoisotopic (exact) mass is 287 g/mol. The molecule has 0 amide bonds. The number of rotatable bonds is 8. The van der Waals surface area contributed by atoms with Crippen LogP contribution in [0, 0.1) is 5.92 Å². The van der Waals surface area contributed by atoms with Crippen molar-refractivity contribution in [1.82, 2.24) is 5.32 Å². The molecule has 3 unspecified atom stereocenters. The minimum absolute atomic E-state index is 0.691. The summed E-state index contributed by atoms with van der Waals surface area (Å²) in [6.07, 6.45) is 9.21. The Labute approximate surface area is 131 Å². The van der Waals surface area contributed by atoms with E-state index in [4.69, 9.17) is 0 Å². The number of hydrogen-bond acceptors (Lipinski definition) is 1. The second kappa shape index (κ2) is 8.58. The van der Waals surface area contributed by atoms with E-state index in [0.29, 0.717) is 6.04 Å².